The second-order valence-corrected chi connectivity index (χ2v) is 3.42. The van der Waals surface area contributed by atoms with Crippen LogP contribution in [0.4, 0.5) is 4.79 Å². The summed E-state index contributed by atoms with van der Waals surface area (Å²) in [4.78, 5) is 10.5. The molecule has 0 atom stereocenters. The van der Waals surface area contributed by atoms with Crippen LogP contribution in [0.3, 0.4) is 0 Å². The summed E-state index contributed by atoms with van der Waals surface area (Å²) >= 11 is 1.74. The van der Waals surface area contributed by atoms with Gasteiger partial charge in [0, 0.05) is 35.7 Å². The van der Waals surface area contributed by atoms with E-state index in [2.05, 4.69) is 5.32 Å². The molecular weight excluding hydrogens is 245 g/mol. The Hall–Kier alpha value is 0.160. The molecule has 0 aliphatic heterocycles. The summed E-state index contributed by atoms with van der Waals surface area (Å²) in [5, 5.41) is 2.81. The van der Waals surface area contributed by atoms with E-state index in [9.17, 15) is 4.79 Å². The zero-order chi connectivity index (χ0) is 7.56. The van der Waals surface area contributed by atoms with Gasteiger partial charge in [-0.15, -0.1) is 0 Å². The van der Waals surface area contributed by atoms with Gasteiger partial charge in [0.1, 0.15) is 0 Å². The topological polar surface area (TPSA) is 38.3 Å². The van der Waals surface area contributed by atoms with E-state index in [1.165, 1.54) is 0 Å². The zero-order valence-electron chi connectivity index (χ0n) is 5.76. The number of halogens is 1. The molecule has 0 aromatic heterocycles. The van der Waals surface area contributed by atoms with Crippen LogP contribution in [0.2, 0.25) is 0 Å². The van der Waals surface area contributed by atoms with E-state index in [-0.39, 0.29) is 3.91 Å². The largest absolute Gasteiger partial charge is 0.381 e. The number of rotatable bonds is 2. The van der Waals surface area contributed by atoms with Crippen molar-refractivity contribution in [2.45, 2.75) is 25.0 Å². The van der Waals surface area contributed by atoms with Gasteiger partial charge < -0.3 is 10.1 Å². The Labute approximate surface area is 73.6 Å². The van der Waals surface area contributed by atoms with Crippen LogP contribution in [-0.2, 0) is 4.74 Å². The van der Waals surface area contributed by atoms with Gasteiger partial charge in [-0.05, 0) is 12.8 Å². The Balaban J connectivity index is 2.08. The highest BCUT2D eigenvalue weighted by molar-refractivity contribution is 14.1. The van der Waals surface area contributed by atoms with Crippen molar-refractivity contribution in [2.75, 3.05) is 7.11 Å². The highest BCUT2D eigenvalue weighted by Gasteiger charge is 2.29. The van der Waals surface area contributed by atoms with E-state index in [0.717, 1.165) is 12.8 Å². The van der Waals surface area contributed by atoms with Gasteiger partial charge in [0.05, 0.1) is 6.10 Å². The summed E-state index contributed by atoms with van der Waals surface area (Å²) in [6.07, 6.45) is 2.30. The van der Waals surface area contributed by atoms with E-state index >= 15 is 0 Å². The van der Waals surface area contributed by atoms with E-state index in [0.29, 0.717) is 12.1 Å². The molecule has 0 bridgehead atoms. The van der Waals surface area contributed by atoms with E-state index in [1.54, 1.807) is 29.7 Å². The quantitative estimate of drug-likeness (QED) is 0.459. The van der Waals surface area contributed by atoms with Crippen molar-refractivity contribution in [3.05, 3.63) is 0 Å². The average molecular weight is 255 g/mol. The Kier molecular flexibility index (Phi) is 2.91. The molecule has 0 spiro atoms. The number of hydrogen-bond acceptors (Lipinski definition) is 2. The molecule has 3 nitrogen and oxygen atoms in total. The fraction of sp³-hybridized carbons (Fsp3) is 0.833. The Morgan fingerprint density at radius 1 is 1.70 bits per heavy atom. The predicted molar refractivity (Wildman–Crippen MR) is 46.4 cm³/mol. The SMILES string of the molecule is COC1CC(NC(=O)I)C1. The maximum atomic E-state index is 10.5. The van der Waals surface area contributed by atoms with Gasteiger partial charge >= 0.3 is 0 Å². The van der Waals surface area contributed by atoms with Crippen molar-refractivity contribution >= 4 is 26.5 Å². The summed E-state index contributed by atoms with van der Waals surface area (Å²) in [6.45, 7) is 0. The molecule has 10 heavy (non-hydrogen) atoms. The molecule has 58 valence electrons. The third-order valence-corrected chi connectivity index (χ3v) is 2.06. The average Bonchev–Trinajstić information content (AvgIpc) is 1.76. The third-order valence-electron chi connectivity index (χ3n) is 1.75. The highest BCUT2D eigenvalue weighted by Crippen LogP contribution is 2.22. The molecule has 1 amide bonds. The van der Waals surface area contributed by atoms with Crippen LogP contribution in [0.25, 0.3) is 0 Å². The van der Waals surface area contributed by atoms with Crippen LogP contribution in [0.1, 0.15) is 12.8 Å². The number of amides is 1. The minimum atomic E-state index is 0.0251. The van der Waals surface area contributed by atoms with Gasteiger partial charge in [-0.2, -0.15) is 0 Å². The fourth-order valence-electron chi connectivity index (χ4n) is 1.04. The van der Waals surface area contributed by atoms with Crippen molar-refractivity contribution < 1.29 is 9.53 Å². The highest BCUT2D eigenvalue weighted by atomic mass is 127. The van der Waals surface area contributed by atoms with Gasteiger partial charge in [0.2, 0.25) is 0 Å². The molecule has 0 aromatic rings. The second-order valence-electron chi connectivity index (χ2n) is 2.44. The maximum absolute atomic E-state index is 10.5. The molecule has 1 aliphatic carbocycles. The van der Waals surface area contributed by atoms with Crippen LogP contribution >= 0.6 is 22.6 Å². The van der Waals surface area contributed by atoms with Gasteiger partial charge in [-0.25, -0.2) is 0 Å². The summed E-state index contributed by atoms with van der Waals surface area (Å²) in [5.74, 6) is 0. The number of carbonyl (C=O) groups excluding carboxylic acids is 1. The molecule has 0 heterocycles. The molecule has 0 unspecified atom stereocenters. The monoisotopic (exact) mass is 255 g/mol. The first-order chi connectivity index (χ1) is 4.72. The number of hydrogen-bond donors (Lipinski definition) is 1. The first-order valence-corrected chi connectivity index (χ1v) is 4.29. The van der Waals surface area contributed by atoms with Gasteiger partial charge in [-0.1, -0.05) is 0 Å². The summed E-state index contributed by atoms with van der Waals surface area (Å²) < 4.78 is 5.07. The zero-order valence-corrected chi connectivity index (χ0v) is 7.92. The van der Waals surface area contributed by atoms with Crippen LogP contribution in [0.15, 0.2) is 0 Å². The molecule has 0 aromatic carbocycles. The first-order valence-electron chi connectivity index (χ1n) is 3.21. The molecule has 0 saturated heterocycles. The van der Waals surface area contributed by atoms with Gasteiger partial charge in [0.25, 0.3) is 3.91 Å². The molecular formula is C6H10INO2. The van der Waals surface area contributed by atoms with Gasteiger partial charge in [0.15, 0.2) is 0 Å². The normalized spacial score (nSPS) is 31.0. The minimum absolute atomic E-state index is 0.0251. The standard InChI is InChI=1S/C6H10INO2/c1-10-5-2-4(3-5)8-6(7)9/h4-5H,2-3H2,1H3,(H,8,9). The van der Waals surface area contributed by atoms with Crippen LogP contribution in [-0.4, -0.2) is 23.2 Å². The lowest BCUT2D eigenvalue weighted by atomic mass is 9.89. The first kappa shape index (κ1) is 8.26. The Morgan fingerprint density at radius 2 is 2.30 bits per heavy atom. The number of carbonyl (C=O) groups is 1. The van der Waals surface area contributed by atoms with Crippen molar-refractivity contribution in [2.24, 2.45) is 0 Å². The summed E-state index contributed by atoms with van der Waals surface area (Å²) in [7, 11) is 1.70. The van der Waals surface area contributed by atoms with E-state index in [1.807, 2.05) is 0 Å². The lowest BCUT2D eigenvalue weighted by Crippen LogP contribution is -2.45. The second kappa shape index (κ2) is 3.52. The van der Waals surface area contributed by atoms with Crippen molar-refractivity contribution in [1.29, 1.82) is 0 Å². The fourth-order valence-corrected chi connectivity index (χ4v) is 1.48. The number of methoxy groups -OCH3 is 1. The molecule has 1 N–H and O–H groups in total. The molecule has 1 aliphatic rings. The van der Waals surface area contributed by atoms with Crippen molar-refractivity contribution in [3.8, 4) is 0 Å². The Bertz CT molecular complexity index is 134. The number of ether oxygens (including phenoxy) is 1. The summed E-state index contributed by atoms with van der Waals surface area (Å²) in [5.41, 5.74) is 0. The number of nitrogens with one attached hydrogen (secondary N) is 1. The Morgan fingerprint density at radius 3 is 2.70 bits per heavy atom. The van der Waals surface area contributed by atoms with Crippen LogP contribution < -0.4 is 5.32 Å². The minimum Gasteiger partial charge on any atom is -0.381 e. The molecule has 1 rings (SSSR count). The lowest BCUT2D eigenvalue weighted by molar-refractivity contribution is 0.0216. The van der Waals surface area contributed by atoms with Crippen LogP contribution in [0.5, 0.6) is 0 Å². The maximum Gasteiger partial charge on any atom is 0.280 e. The molecule has 0 radical (unpaired) electrons. The predicted octanol–water partition coefficient (Wildman–Crippen LogP) is 1.31. The summed E-state index contributed by atoms with van der Waals surface area (Å²) in [6, 6.07) is 0.356. The molecule has 4 heteroatoms. The van der Waals surface area contributed by atoms with E-state index < -0.39 is 0 Å². The van der Waals surface area contributed by atoms with E-state index in [4.69, 9.17) is 4.74 Å². The van der Waals surface area contributed by atoms with Gasteiger partial charge in [-0.3, -0.25) is 4.79 Å². The molecule has 1 fully saturated rings. The molecule has 1 saturated carbocycles. The third kappa shape index (κ3) is 2.09. The van der Waals surface area contributed by atoms with Crippen molar-refractivity contribution in [3.63, 3.8) is 0 Å². The van der Waals surface area contributed by atoms with Crippen molar-refractivity contribution in [1.82, 2.24) is 5.32 Å². The van der Waals surface area contributed by atoms with Crippen LogP contribution in [0, 0.1) is 0 Å². The smallest absolute Gasteiger partial charge is 0.280 e. The lowest BCUT2D eigenvalue weighted by Gasteiger charge is -2.33.